The number of anilines is 1. The van der Waals surface area contributed by atoms with Crippen molar-refractivity contribution in [1.82, 2.24) is 4.90 Å². The maximum Gasteiger partial charge on any atom is 0.337 e. The Morgan fingerprint density at radius 1 is 1.19 bits per heavy atom. The van der Waals surface area contributed by atoms with Crippen LogP contribution in [0.4, 0.5) is 10.5 Å². The van der Waals surface area contributed by atoms with Crippen molar-refractivity contribution in [3.8, 4) is 0 Å². The number of carbonyl (C=O) groups is 3. The van der Waals surface area contributed by atoms with E-state index in [1.807, 2.05) is 0 Å². The van der Waals surface area contributed by atoms with E-state index in [0.29, 0.717) is 26.7 Å². The molecule has 138 valence electrons. The molecule has 0 unspecified atom stereocenters. The van der Waals surface area contributed by atoms with Crippen LogP contribution in [0.25, 0.3) is 6.08 Å². The van der Waals surface area contributed by atoms with Gasteiger partial charge in [-0.2, -0.15) is 0 Å². The minimum Gasteiger partial charge on any atom is -0.465 e. The predicted octanol–water partition coefficient (Wildman–Crippen LogP) is 4.23. The number of imide groups is 1. The molecule has 27 heavy (non-hydrogen) atoms. The van der Waals surface area contributed by atoms with Crippen molar-refractivity contribution in [1.29, 1.82) is 0 Å². The number of halogens is 1. The van der Waals surface area contributed by atoms with Crippen LogP contribution >= 0.6 is 23.4 Å². The monoisotopic (exact) mass is 402 g/mol. The Balaban J connectivity index is 1.70. The number of rotatable bonds is 5. The van der Waals surface area contributed by atoms with Crippen LogP contribution in [0.2, 0.25) is 5.02 Å². The van der Waals surface area contributed by atoms with Gasteiger partial charge in [0.25, 0.3) is 11.1 Å². The Morgan fingerprint density at radius 2 is 1.89 bits per heavy atom. The second kappa shape index (κ2) is 8.28. The van der Waals surface area contributed by atoms with E-state index in [4.69, 9.17) is 11.6 Å². The van der Waals surface area contributed by atoms with Crippen molar-refractivity contribution >= 4 is 52.2 Å². The molecule has 1 aliphatic heterocycles. The summed E-state index contributed by atoms with van der Waals surface area (Å²) < 4.78 is 4.65. The topological polar surface area (TPSA) is 75.7 Å². The Bertz CT molecular complexity index is 928. The first-order valence-corrected chi connectivity index (χ1v) is 9.11. The van der Waals surface area contributed by atoms with E-state index >= 15 is 0 Å². The van der Waals surface area contributed by atoms with E-state index in [2.05, 4.69) is 10.1 Å². The first-order chi connectivity index (χ1) is 13.0. The molecular weight excluding hydrogens is 388 g/mol. The SMILES string of the molecule is COC(=O)c1ccc(/C=C2/SC(=O)N(CNc3ccccc3Cl)C2=O)cc1. The van der Waals surface area contributed by atoms with Gasteiger partial charge in [-0.1, -0.05) is 35.9 Å². The van der Waals surface area contributed by atoms with Crippen molar-refractivity contribution in [2.75, 3.05) is 19.1 Å². The third-order valence-corrected chi connectivity index (χ3v) is 5.04. The molecule has 1 N–H and O–H groups in total. The van der Waals surface area contributed by atoms with E-state index < -0.39 is 5.97 Å². The Hall–Kier alpha value is -2.77. The normalized spacial score (nSPS) is 15.3. The number of benzene rings is 2. The molecule has 0 radical (unpaired) electrons. The summed E-state index contributed by atoms with van der Waals surface area (Å²) in [5, 5.41) is 3.13. The molecule has 2 aromatic carbocycles. The van der Waals surface area contributed by atoms with Crippen molar-refractivity contribution in [2.45, 2.75) is 0 Å². The average molecular weight is 403 g/mol. The molecule has 8 heteroatoms. The zero-order valence-corrected chi connectivity index (χ0v) is 15.8. The Morgan fingerprint density at radius 3 is 2.56 bits per heavy atom. The summed E-state index contributed by atoms with van der Waals surface area (Å²) in [6.07, 6.45) is 1.61. The number of nitrogens with zero attached hydrogens (tertiary/aromatic N) is 1. The number of ether oxygens (including phenoxy) is 1. The maximum atomic E-state index is 12.5. The smallest absolute Gasteiger partial charge is 0.337 e. The van der Waals surface area contributed by atoms with Crippen LogP contribution in [0.3, 0.4) is 0 Å². The molecule has 0 saturated carbocycles. The molecule has 6 nitrogen and oxygen atoms in total. The van der Waals surface area contributed by atoms with Gasteiger partial charge in [0.05, 0.1) is 35.0 Å². The van der Waals surface area contributed by atoms with Crippen LogP contribution in [-0.4, -0.2) is 35.8 Å². The predicted molar refractivity (Wildman–Crippen MR) is 106 cm³/mol. The number of para-hydroxylation sites is 1. The molecule has 0 atom stereocenters. The summed E-state index contributed by atoms with van der Waals surface area (Å²) in [6, 6.07) is 13.6. The van der Waals surface area contributed by atoms with Crippen LogP contribution in [0.5, 0.6) is 0 Å². The molecular formula is C19H15ClN2O4S. The molecule has 2 amide bonds. The summed E-state index contributed by atoms with van der Waals surface area (Å²) in [5.41, 5.74) is 1.75. The van der Waals surface area contributed by atoms with E-state index in [0.717, 1.165) is 16.7 Å². The third kappa shape index (κ3) is 4.32. The molecule has 1 fully saturated rings. The minimum atomic E-state index is -0.437. The van der Waals surface area contributed by atoms with Gasteiger partial charge in [0, 0.05) is 0 Å². The number of thioether (sulfide) groups is 1. The van der Waals surface area contributed by atoms with Gasteiger partial charge in [-0.3, -0.25) is 14.5 Å². The van der Waals surface area contributed by atoms with Crippen molar-refractivity contribution in [3.63, 3.8) is 0 Å². The second-order valence-corrected chi connectivity index (χ2v) is 6.94. The first kappa shape index (κ1) is 19.0. The largest absolute Gasteiger partial charge is 0.465 e. The van der Waals surface area contributed by atoms with Gasteiger partial charge in [-0.15, -0.1) is 0 Å². The minimum absolute atomic E-state index is 0.0209. The molecule has 1 heterocycles. The van der Waals surface area contributed by atoms with Crippen LogP contribution in [-0.2, 0) is 9.53 Å². The Kier molecular flexibility index (Phi) is 5.83. The number of hydrogen-bond donors (Lipinski definition) is 1. The van der Waals surface area contributed by atoms with Crippen LogP contribution in [0.1, 0.15) is 15.9 Å². The highest BCUT2D eigenvalue weighted by Gasteiger charge is 2.34. The van der Waals surface area contributed by atoms with E-state index in [1.54, 1.807) is 54.6 Å². The molecule has 0 aliphatic carbocycles. The number of esters is 1. The average Bonchev–Trinajstić information content (AvgIpc) is 2.94. The van der Waals surface area contributed by atoms with Gasteiger partial charge in [0.15, 0.2) is 0 Å². The lowest BCUT2D eigenvalue weighted by atomic mass is 10.1. The summed E-state index contributed by atoms with van der Waals surface area (Å²) in [6.45, 7) is 0.0209. The number of hydrogen-bond acceptors (Lipinski definition) is 6. The van der Waals surface area contributed by atoms with Crippen LogP contribution < -0.4 is 5.32 Å². The van der Waals surface area contributed by atoms with Gasteiger partial charge < -0.3 is 10.1 Å². The standard InChI is InChI=1S/C19H15ClN2O4S/c1-26-18(24)13-8-6-12(7-9-13)10-16-17(23)22(19(25)27-16)11-21-15-5-3-2-4-14(15)20/h2-10,21H,11H2,1H3/b16-10+. The maximum absolute atomic E-state index is 12.5. The highest BCUT2D eigenvalue weighted by atomic mass is 35.5. The Labute approximate surface area is 165 Å². The summed E-state index contributed by atoms with van der Waals surface area (Å²) in [7, 11) is 1.31. The fraction of sp³-hybridized carbons (Fsp3) is 0.105. The fourth-order valence-electron chi connectivity index (χ4n) is 2.39. The molecule has 2 aromatic rings. The van der Waals surface area contributed by atoms with E-state index in [9.17, 15) is 14.4 Å². The van der Waals surface area contributed by atoms with Crippen molar-refractivity contribution in [3.05, 3.63) is 69.6 Å². The zero-order chi connectivity index (χ0) is 19.4. The number of methoxy groups -OCH3 is 1. The molecule has 0 aromatic heterocycles. The van der Waals surface area contributed by atoms with Crippen molar-refractivity contribution in [2.24, 2.45) is 0 Å². The third-order valence-electron chi connectivity index (χ3n) is 3.80. The number of nitrogens with one attached hydrogen (secondary N) is 1. The number of carbonyl (C=O) groups excluding carboxylic acids is 3. The van der Waals surface area contributed by atoms with Crippen LogP contribution in [0.15, 0.2) is 53.4 Å². The second-order valence-electron chi connectivity index (χ2n) is 5.54. The van der Waals surface area contributed by atoms with Gasteiger partial charge in [0.1, 0.15) is 0 Å². The lowest BCUT2D eigenvalue weighted by molar-refractivity contribution is -0.122. The number of amides is 2. The molecule has 1 aliphatic rings. The van der Waals surface area contributed by atoms with Gasteiger partial charge >= 0.3 is 5.97 Å². The van der Waals surface area contributed by atoms with Crippen LogP contribution in [0, 0.1) is 0 Å². The van der Waals surface area contributed by atoms with Gasteiger partial charge in [-0.25, -0.2) is 4.79 Å². The fourth-order valence-corrected chi connectivity index (χ4v) is 3.43. The first-order valence-electron chi connectivity index (χ1n) is 7.92. The van der Waals surface area contributed by atoms with E-state index in [-0.39, 0.29) is 17.8 Å². The lowest BCUT2D eigenvalue weighted by Gasteiger charge is -2.15. The zero-order valence-electron chi connectivity index (χ0n) is 14.3. The summed E-state index contributed by atoms with van der Waals surface area (Å²) in [4.78, 5) is 37.6. The molecule has 1 saturated heterocycles. The molecule has 0 spiro atoms. The molecule has 3 rings (SSSR count). The summed E-state index contributed by atoms with van der Waals surface area (Å²) in [5.74, 6) is -0.825. The van der Waals surface area contributed by atoms with Gasteiger partial charge in [0.2, 0.25) is 0 Å². The highest BCUT2D eigenvalue weighted by molar-refractivity contribution is 8.18. The van der Waals surface area contributed by atoms with E-state index in [1.165, 1.54) is 7.11 Å². The summed E-state index contributed by atoms with van der Waals surface area (Å²) >= 11 is 6.93. The van der Waals surface area contributed by atoms with Crippen molar-refractivity contribution < 1.29 is 19.1 Å². The highest BCUT2D eigenvalue weighted by Crippen LogP contribution is 2.32. The quantitative estimate of drug-likeness (QED) is 0.595. The lowest BCUT2D eigenvalue weighted by Crippen LogP contribution is -2.33. The molecule has 0 bridgehead atoms. The van der Waals surface area contributed by atoms with Gasteiger partial charge in [-0.05, 0) is 47.7 Å².